The third-order valence-electron chi connectivity index (χ3n) is 2.73. The van der Waals surface area contributed by atoms with E-state index in [0.717, 1.165) is 4.47 Å². The van der Waals surface area contributed by atoms with Crippen molar-refractivity contribution >= 4 is 56.5 Å². The summed E-state index contributed by atoms with van der Waals surface area (Å²) < 4.78 is 5.88. The molecule has 0 saturated carbocycles. The number of rotatable bonds is 3. The number of ether oxygens (including phenoxy) is 1. The van der Waals surface area contributed by atoms with E-state index in [1.165, 1.54) is 0 Å². The van der Waals surface area contributed by atoms with E-state index in [9.17, 15) is 4.79 Å². The van der Waals surface area contributed by atoms with Gasteiger partial charge in [-0.15, -0.1) is 0 Å². The average Bonchev–Trinajstić information content (AvgIpc) is 2.49. The summed E-state index contributed by atoms with van der Waals surface area (Å²) in [5, 5.41) is 6.03. The first kappa shape index (κ1) is 16.7. The summed E-state index contributed by atoms with van der Waals surface area (Å²) in [5.74, 6) is 0.306. The number of benzene rings is 2. The van der Waals surface area contributed by atoms with Crippen LogP contribution in [-0.2, 0) is 0 Å². The molecule has 0 aromatic heterocycles. The monoisotopic (exact) mass is 398 g/mol. The van der Waals surface area contributed by atoms with Gasteiger partial charge in [-0.2, -0.15) is 0 Å². The van der Waals surface area contributed by atoms with Crippen LogP contribution in [0.1, 0.15) is 10.4 Å². The second-order valence-corrected chi connectivity index (χ2v) is 6.00. The van der Waals surface area contributed by atoms with Gasteiger partial charge >= 0.3 is 0 Å². The molecular formula is C15H12BrClN2O2S. The number of carbonyl (C=O) groups is 1. The fourth-order valence-corrected chi connectivity index (χ4v) is 2.48. The first-order valence-electron chi connectivity index (χ1n) is 6.21. The van der Waals surface area contributed by atoms with Crippen molar-refractivity contribution in [1.29, 1.82) is 0 Å². The van der Waals surface area contributed by atoms with Crippen LogP contribution in [0.2, 0.25) is 5.02 Å². The zero-order chi connectivity index (χ0) is 16.1. The van der Waals surface area contributed by atoms with Crippen LogP contribution in [0.5, 0.6) is 5.75 Å². The van der Waals surface area contributed by atoms with E-state index in [2.05, 4.69) is 26.6 Å². The first-order chi connectivity index (χ1) is 10.5. The van der Waals surface area contributed by atoms with Crippen LogP contribution >= 0.6 is 39.7 Å². The maximum absolute atomic E-state index is 12.2. The molecular weight excluding hydrogens is 388 g/mol. The highest BCUT2D eigenvalue weighted by atomic mass is 79.9. The highest BCUT2D eigenvalue weighted by Crippen LogP contribution is 2.21. The van der Waals surface area contributed by atoms with Gasteiger partial charge in [0.15, 0.2) is 5.11 Å². The zero-order valence-electron chi connectivity index (χ0n) is 11.5. The molecule has 22 heavy (non-hydrogen) atoms. The summed E-state index contributed by atoms with van der Waals surface area (Å²) >= 11 is 14.4. The minimum atomic E-state index is -0.383. The fourth-order valence-electron chi connectivity index (χ4n) is 1.71. The molecule has 0 aliphatic heterocycles. The minimum Gasteiger partial charge on any atom is -0.497 e. The van der Waals surface area contributed by atoms with Gasteiger partial charge in [-0.25, -0.2) is 0 Å². The van der Waals surface area contributed by atoms with Crippen molar-refractivity contribution < 1.29 is 9.53 Å². The van der Waals surface area contributed by atoms with Gasteiger partial charge in [0.05, 0.1) is 17.7 Å². The van der Waals surface area contributed by atoms with Gasteiger partial charge in [0.2, 0.25) is 0 Å². The largest absolute Gasteiger partial charge is 0.497 e. The molecule has 2 aromatic rings. The number of methoxy groups -OCH3 is 1. The van der Waals surface area contributed by atoms with Gasteiger partial charge in [0.25, 0.3) is 5.91 Å². The van der Waals surface area contributed by atoms with Crippen molar-refractivity contribution in [3.8, 4) is 5.75 Å². The van der Waals surface area contributed by atoms with Crippen LogP contribution in [0.4, 0.5) is 5.69 Å². The number of nitrogens with one attached hydrogen (secondary N) is 2. The number of halogens is 2. The van der Waals surface area contributed by atoms with E-state index in [1.807, 2.05) is 18.2 Å². The summed E-state index contributed by atoms with van der Waals surface area (Å²) in [6.07, 6.45) is 0. The number of carbonyl (C=O) groups excluding carboxylic acids is 1. The van der Waals surface area contributed by atoms with E-state index >= 15 is 0 Å². The predicted octanol–water partition coefficient (Wildman–Crippen LogP) is 4.24. The van der Waals surface area contributed by atoms with Crippen LogP contribution in [-0.4, -0.2) is 18.1 Å². The van der Waals surface area contributed by atoms with Gasteiger partial charge in [-0.3, -0.25) is 10.1 Å². The molecule has 0 saturated heterocycles. The number of anilines is 1. The molecule has 0 unspecified atom stereocenters. The lowest BCUT2D eigenvalue weighted by atomic mass is 10.2. The Hall–Kier alpha value is -1.63. The molecule has 1 amide bonds. The molecule has 4 nitrogen and oxygen atoms in total. The fraction of sp³-hybridized carbons (Fsp3) is 0.0667. The number of thiocarbonyl (C=S) groups is 1. The Kier molecular flexibility index (Phi) is 5.76. The Balaban J connectivity index is 2.05. The van der Waals surface area contributed by atoms with Crippen molar-refractivity contribution in [2.75, 3.05) is 12.4 Å². The Labute approximate surface area is 146 Å². The van der Waals surface area contributed by atoms with Gasteiger partial charge in [-0.05, 0) is 42.5 Å². The Morgan fingerprint density at radius 2 is 2.05 bits per heavy atom. The third kappa shape index (κ3) is 4.43. The molecule has 2 N–H and O–H groups in total. The van der Waals surface area contributed by atoms with E-state index < -0.39 is 0 Å². The van der Waals surface area contributed by atoms with Crippen molar-refractivity contribution in [3.63, 3.8) is 0 Å². The van der Waals surface area contributed by atoms with Gasteiger partial charge < -0.3 is 10.1 Å². The molecule has 0 atom stereocenters. The van der Waals surface area contributed by atoms with Gasteiger partial charge in [0.1, 0.15) is 5.75 Å². The van der Waals surface area contributed by atoms with Gasteiger partial charge in [0, 0.05) is 16.2 Å². The highest BCUT2D eigenvalue weighted by molar-refractivity contribution is 9.10. The Morgan fingerprint density at radius 3 is 2.77 bits per heavy atom. The third-order valence-corrected chi connectivity index (χ3v) is 3.75. The molecule has 7 heteroatoms. The number of hydrogen-bond donors (Lipinski definition) is 2. The molecule has 0 aliphatic carbocycles. The van der Waals surface area contributed by atoms with Crippen LogP contribution in [0, 0.1) is 0 Å². The summed E-state index contributed by atoms with van der Waals surface area (Å²) in [6.45, 7) is 0. The van der Waals surface area contributed by atoms with Crippen molar-refractivity contribution in [2.24, 2.45) is 0 Å². The summed E-state index contributed by atoms with van der Waals surface area (Å²) in [7, 11) is 1.58. The van der Waals surface area contributed by atoms with E-state index in [0.29, 0.717) is 22.0 Å². The standard InChI is InChI=1S/C15H12BrClN2O2S/c1-21-11-4-2-3-10(8-11)18-15(22)19-14(20)12-7-9(16)5-6-13(12)17/h2-8H,1H3,(H2,18,19,20,22). The maximum atomic E-state index is 12.2. The Morgan fingerprint density at radius 1 is 1.27 bits per heavy atom. The second kappa shape index (κ2) is 7.58. The molecule has 0 heterocycles. The molecule has 0 spiro atoms. The zero-order valence-corrected chi connectivity index (χ0v) is 14.7. The number of amides is 1. The van der Waals surface area contributed by atoms with Crippen LogP contribution in [0.25, 0.3) is 0 Å². The smallest absolute Gasteiger partial charge is 0.258 e. The minimum absolute atomic E-state index is 0.175. The quantitative estimate of drug-likeness (QED) is 0.758. The van der Waals surface area contributed by atoms with Crippen LogP contribution < -0.4 is 15.4 Å². The second-order valence-electron chi connectivity index (χ2n) is 4.26. The van der Waals surface area contributed by atoms with E-state index in [4.69, 9.17) is 28.6 Å². The first-order valence-corrected chi connectivity index (χ1v) is 7.79. The lowest BCUT2D eigenvalue weighted by Gasteiger charge is -2.11. The van der Waals surface area contributed by atoms with E-state index in [-0.39, 0.29) is 11.0 Å². The van der Waals surface area contributed by atoms with Crippen molar-refractivity contribution in [1.82, 2.24) is 5.32 Å². The molecule has 114 valence electrons. The molecule has 0 fully saturated rings. The predicted molar refractivity (Wildman–Crippen MR) is 95.8 cm³/mol. The lowest BCUT2D eigenvalue weighted by Crippen LogP contribution is -2.34. The lowest BCUT2D eigenvalue weighted by molar-refractivity contribution is 0.0978. The molecule has 0 radical (unpaired) electrons. The highest BCUT2D eigenvalue weighted by Gasteiger charge is 2.12. The number of hydrogen-bond acceptors (Lipinski definition) is 3. The summed E-state index contributed by atoms with van der Waals surface area (Å²) in [6, 6.07) is 12.2. The average molecular weight is 400 g/mol. The van der Waals surface area contributed by atoms with Crippen molar-refractivity contribution in [3.05, 3.63) is 57.5 Å². The molecule has 0 bridgehead atoms. The van der Waals surface area contributed by atoms with Crippen LogP contribution in [0.3, 0.4) is 0 Å². The van der Waals surface area contributed by atoms with E-state index in [1.54, 1.807) is 31.4 Å². The summed E-state index contributed by atoms with van der Waals surface area (Å²) in [4.78, 5) is 12.2. The Bertz CT molecular complexity index is 724. The maximum Gasteiger partial charge on any atom is 0.258 e. The summed E-state index contributed by atoms with van der Waals surface area (Å²) in [5.41, 5.74) is 1.05. The normalized spacial score (nSPS) is 9.95. The molecule has 0 aliphatic rings. The SMILES string of the molecule is COc1cccc(NC(=S)NC(=O)c2cc(Br)ccc2Cl)c1. The van der Waals surface area contributed by atoms with Crippen LogP contribution in [0.15, 0.2) is 46.9 Å². The van der Waals surface area contributed by atoms with Crippen molar-refractivity contribution in [2.45, 2.75) is 0 Å². The molecule has 2 rings (SSSR count). The van der Waals surface area contributed by atoms with Gasteiger partial charge in [-0.1, -0.05) is 33.6 Å². The topological polar surface area (TPSA) is 50.4 Å². The molecule has 2 aromatic carbocycles.